The monoisotopic (exact) mass is 213 g/mol. The smallest absolute Gasteiger partial charge is 0.257 e. The lowest BCUT2D eigenvalue weighted by Gasteiger charge is -2.39. The second-order valence-corrected chi connectivity index (χ2v) is 6.49. The van der Waals surface area contributed by atoms with Gasteiger partial charge in [-0.1, -0.05) is 20.8 Å². The second kappa shape index (κ2) is 2.84. The third kappa shape index (κ3) is 1.62. The van der Waals surface area contributed by atoms with Gasteiger partial charge in [0.25, 0.3) is 5.17 Å². The van der Waals surface area contributed by atoms with Crippen molar-refractivity contribution in [2.24, 2.45) is 10.8 Å². The highest BCUT2D eigenvalue weighted by atomic mass is 32.1. The van der Waals surface area contributed by atoms with Gasteiger partial charge in [0.05, 0.1) is 0 Å². The SMILES string of the molecule is CC1(C)CC2CC(C)(CN2C(O)=S)C1. The maximum absolute atomic E-state index is 9.44. The van der Waals surface area contributed by atoms with Crippen molar-refractivity contribution < 1.29 is 5.11 Å². The molecule has 2 aliphatic rings. The minimum absolute atomic E-state index is 0.0939. The van der Waals surface area contributed by atoms with E-state index in [1.165, 1.54) is 12.8 Å². The molecule has 3 heteroatoms. The van der Waals surface area contributed by atoms with Crippen LogP contribution in [0.2, 0.25) is 0 Å². The van der Waals surface area contributed by atoms with Gasteiger partial charge < -0.3 is 10.0 Å². The molecule has 2 unspecified atom stereocenters. The summed E-state index contributed by atoms with van der Waals surface area (Å²) in [5.41, 5.74) is 0.760. The maximum atomic E-state index is 9.44. The number of rotatable bonds is 0. The van der Waals surface area contributed by atoms with Gasteiger partial charge in [0.2, 0.25) is 0 Å². The Morgan fingerprint density at radius 1 is 1.36 bits per heavy atom. The second-order valence-electron chi connectivity index (χ2n) is 6.12. The highest BCUT2D eigenvalue weighted by molar-refractivity contribution is 7.79. The number of aliphatic hydroxyl groups is 1. The van der Waals surface area contributed by atoms with Crippen LogP contribution in [0.4, 0.5) is 0 Å². The zero-order valence-electron chi connectivity index (χ0n) is 9.21. The number of fused-ring (bicyclic) bond motifs is 2. The minimum atomic E-state index is 0.0939. The molecule has 0 spiro atoms. The summed E-state index contributed by atoms with van der Waals surface area (Å²) >= 11 is 4.89. The van der Waals surface area contributed by atoms with Crippen molar-refractivity contribution >= 4 is 17.4 Å². The summed E-state index contributed by atoms with van der Waals surface area (Å²) < 4.78 is 0. The van der Waals surface area contributed by atoms with E-state index in [9.17, 15) is 5.11 Å². The van der Waals surface area contributed by atoms with Gasteiger partial charge >= 0.3 is 0 Å². The van der Waals surface area contributed by atoms with Crippen LogP contribution in [0.15, 0.2) is 0 Å². The summed E-state index contributed by atoms with van der Waals surface area (Å²) in [6, 6.07) is 0.473. The Kier molecular flexibility index (Phi) is 2.08. The quantitative estimate of drug-likeness (QED) is 0.626. The van der Waals surface area contributed by atoms with Crippen LogP contribution in [0.25, 0.3) is 0 Å². The number of aliphatic hydroxyl groups excluding tert-OH is 1. The summed E-state index contributed by atoms with van der Waals surface area (Å²) in [6.45, 7) is 7.90. The first-order valence-electron chi connectivity index (χ1n) is 5.31. The molecule has 2 atom stereocenters. The topological polar surface area (TPSA) is 23.5 Å². The van der Waals surface area contributed by atoms with E-state index < -0.39 is 0 Å². The largest absolute Gasteiger partial charge is 0.486 e. The van der Waals surface area contributed by atoms with Crippen LogP contribution in [0.5, 0.6) is 0 Å². The summed E-state index contributed by atoms with van der Waals surface area (Å²) in [5.74, 6) is 0. The molecule has 1 saturated heterocycles. The number of hydrogen-bond donors (Lipinski definition) is 1. The maximum Gasteiger partial charge on any atom is 0.257 e. The van der Waals surface area contributed by atoms with E-state index in [4.69, 9.17) is 12.2 Å². The molecule has 0 aromatic heterocycles. The molecular weight excluding hydrogens is 194 g/mol. The summed E-state index contributed by atoms with van der Waals surface area (Å²) in [5, 5.41) is 9.54. The summed E-state index contributed by atoms with van der Waals surface area (Å²) in [4.78, 5) is 2.02. The van der Waals surface area contributed by atoms with Crippen molar-refractivity contribution in [3.63, 3.8) is 0 Å². The van der Waals surface area contributed by atoms with E-state index in [1.54, 1.807) is 0 Å². The Bertz CT molecular complexity index is 276. The van der Waals surface area contributed by atoms with Crippen molar-refractivity contribution in [1.82, 2.24) is 4.90 Å². The molecule has 0 aromatic carbocycles. The van der Waals surface area contributed by atoms with Gasteiger partial charge in [-0.05, 0) is 42.3 Å². The van der Waals surface area contributed by atoms with Crippen molar-refractivity contribution in [3.8, 4) is 0 Å². The molecular formula is C11H19NOS. The molecule has 80 valence electrons. The molecule has 2 rings (SSSR count). The third-order valence-corrected chi connectivity index (χ3v) is 3.90. The first-order chi connectivity index (χ1) is 6.31. The zero-order valence-corrected chi connectivity index (χ0v) is 10.0. The number of hydrogen-bond acceptors (Lipinski definition) is 1. The van der Waals surface area contributed by atoms with Crippen LogP contribution in [-0.4, -0.2) is 27.8 Å². The standard InChI is InChI=1S/C11H19NOS/c1-10(2)4-8-5-11(3,6-10)7-12(8)9(13)14/h8H,4-7H2,1-3H3,(H,13,14). The van der Waals surface area contributed by atoms with Gasteiger partial charge in [-0.3, -0.25) is 0 Å². The molecule has 1 aliphatic carbocycles. The summed E-state index contributed by atoms with van der Waals surface area (Å²) in [7, 11) is 0. The zero-order chi connectivity index (χ0) is 10.6. The third-order valence-electron chi connectivity index (χ3n) is 3.66. The van der Waals surface area contributed by atoms with E-state index in [0.717, 1.165) is 13.0 Å². The predicted molar refractivity (Wildman–Crippen MR) is 61.5 cm³/mol. The molecule has 2 bridgehead atoms. The van der Waals surface area contributed by atoms with Gasteiger partial charge in [0, 0.05) is 12.6 Å². The fourth-order valence-electron chi connectivity index (χ4n) is 3.68. The van der Waals surface area contributed by atoms with Gasteiger partial charge in [-0.15, -0.1) is 0 Å². The highest BCUT2D eigenvalue weighted by Gasteiger charge is 2.50. The number of thiocarbonyl (C=S) groups is 1. The molecule has 1 heterocycles. The van der Waals surface area contributed by atoms with Crippen LogP contribution < -0.4 is 0 Å². The lowest BCUT2D eigenvalue weighted by atomic mass is 9.65. The fraction of sp³-hybridized carbons (Fsp3) is 0.909. The molecule has 1 aliphatic heterocycles. The number of nitrogens with zero attached hydrogens (tertiary/aromatic N) is 1. The Morgan fingerprint density at radius 2 is 2.00 bits per heavy atom. The van der Waals surface area contributed by atoms with E-state index in [-0.39, 0.29) is 5.17 Å². The average molecular weight is 213 g/mol. The van der Waals surface area contributed by atoms with Crippen molar-refractivity contribution in [2.75, 3.05) is 6.54 Å². The minimum Gasteiger partial charge on any atom is -0.486 e. The molecule has 2 fully saturated rings. The highest BCUT2D eigenvalue weighted by Crippen LogP contribution is 2.52. The van der Waals surface area contributed by atoms with E-state index >= 15 is 0 Å². The van der Waals surface area contributed by atoms with Gasteiger partial charge in [-0.25, -0.2) is 0 Å². The lowest BCUT2D eigenvalue weighted by molar-refractivity contribution is 0.132. The van der Waals surface area contributed by atoms with E-state index in [2.05, 4.69) is 20.8 Å². The van der Waals surface area contributed by atoms with Crippen molar-refractivity contribution in [3.05, 3.63) is 0 Å². The van der Waals surface area contributed by atoms with Crippen molar-refractivity contribution in [2.45, 2.75) is 46.1 Å². The molecule has 1 saturated carbocycles. The average Bonchev–Trinajstić information content (AvgIpc) is 2.19. The predicted octanol–water partition coefficient (Wildman–Crippen LogP) is 2.73. The van der Waals surface area contributed by atoms with Crippen LogP contribution in [-0.2, 0) is 0 Å². The van der Waals surface area contributed by atoms with Crippen LogP contribution in [0.1, 0.15) is 40.0 Å². The van der Waals surface area contributed by atoms with E-state index in [0.29, 0.717) is 16.9 Å². The molecule has 0 radical (unpaired) electrons. The van der Waals surface area contributed by atoms with Gasteiger partial charge in [-0.2, -0.15) is 0 Å². The van der Waals surface area contributed by atoms with Crippen molar-refractivity contribution in [1.29, 1.82) is 0 Å². The molecule has 2 nitrogen and oxygen atoms in total. The molecule has 14 heavy (non-hydrogen) atoms. The Hall–Kier alpha value is -0.310. The molecule has 0 amide bonds. The van der Waals surface area contributed by atoms with Crippen LogP contribution in [0.3, 0.4) is 0 Å². The Balaban J connectivity index is 2.23. The summed E-state index contributed by atoms with van der Waals surface area (Å²) in [6.07, 6.45) is 3.59. The lowest BCUT2D eigenvalue weighted by Crippen LogP contribution is -2.36. The van der Waals surface area contributed by atoms with Gasteiger partial charge in [0.1, 0.15) is 0 Å². The van der Waals surface area contributed by atoms with Gasteiger partial charge in [0.15, 0.2) is 0 Å². The Labute approximate surface area is 91.3 Å². The van der Waals surface area contributed by atoms with Crippen LogP contribution >= 0.6 is 12.2 Å². The normalized spacial score (nSPS) is 39.9. The van der Waals surface area contributed by atoms with Crippen LogP contribution in [0, 0.1) is 10.8 Å². The fourth-order valence-corrected chi connectivity index (χ4v) is 3.90. The first kappa shape index (κ1) is 10.2. The van der Waals surface area contributed by atoms with E-state index in [1.807, 2.05) is 4.90 Å². The molecule has 0 aromatic rings. The molecule has 1 N–H and O–H groups in total. The first-order valence-corrected chi connectivity index (χ1v) is 5.72. The number of likely N-dealkylation sites (tertiary alicyclic amines) is 1. The Morgan fingerprint density at radius 3 is 2.57 bits per heavy atom.